The molecule has 0 aliphatic heterocycles. The standard InChI is InChI=1S/C16H22N2O3/c1-13(16-7-3-4-8-17-16)18(2)10-14(19)11-20-12-15-6-5-9-21-15/h3-9,13-14,19H,10-12H2,1-2H3. The fraction of sp³-hybridized carbons (Fsp3) is 0.438. The molecule has 2 unspecified atom stereocenters. The van der Waals surface area contributed by atoms with Crippen LogP contribution >= 0.6 is 0 Å². The van der Waals surface area contributed by atoms with Gasteiger partial charge in [0.05, 0.1) is 24.7 Å². The Morgan fingerprint density at radius 3 is 2.86 bits per heavy atom. The zero-order chi connectivity index (χ0) is 15.1. The van der Waals surface area contributed by atoms with Crippen molar-refractivity contribution in [2.45, 2.75) is 25.7 Å². The number of furan rings is 1. The summed E-state index contributed by atoms with van der Waals surface area (Å²) in [5, 5.41) is 10.0. The van der Waals surface area contributed by atoms with Crippen molar-refractivity contribution in [1.29, 1.82) is 0 Å². The zero-order valence-corrected chi connectivity index (χ0v) is 12.5. The molecule has 2 heterocycles. The summed E-state index contributed by atoms with van der Waals surface area (Å²) < 4.78 is 10.6. The van der Waals surface area contributed by atoms with E-state index in [1.165, 1.54) is 0 Å². The summed E-state index contributed by atoms with van der Waals surface area (Å²) in [5.41, 5.74) is 0.990. The van der Waals surface area contributed by atoms with E-state index in [4.69, 9.17) is 9.15 Å². The van der Waals surface area contributed by atoms with Crippen LogP contribution in [-0.4, -0.2) is 41.3 Å². The van der Waals surface area contributed by atoms with Crippen molar-refractivity contribution in [3.05, 3.63) is 54.2 Å². The minimum atomic E-state index is -0.545. The van der Waals surface area contributed by atoms with Gasteiger partial charge in [-0.2, -0.15) is 0 Å². The summed E-state index contributed by atoms with van der Waals surface area (Å²) in [6.45, 7) is 3.25. The molecule has 0 fully saturated rings. The minimum absolute atomic E-state index is 0.144. The molecular weight excluding hydrogens is 268 g/mol. The second-order valence-electron chi connectivity index (χ2n) is 5.12. The fourth-order valence-corrected chi connectivity index (χ4v) is 2.08. The molecule has 0 aliphatic carbocycles. The summed E-state index contributed by atoms with van der Waals surface area (Å²) in [6, 6.07) is 9.66. The maximum Gasteiger partial charge on any atom is 0.129 e. The number of hydrogen-bond donors (Lipinski definition) is 1. The molecule has 0 spiro atoms. The molecule has 114 valence electrons. The Morgan fingerprint density at radius 2 is 2.19 bits per heavy atom. The summed E-state index contributed by atoms with van der Waals surface area (Å²) >= 11 is 0. The largest absolute Gasteiger partial charge is 0.467 e. The average molecular weight is 290 g/mol. The molecule has 0 aromatic carbocycles. The Bertz CT molecular complexity index is 502. The average Bonchev–Trinajstić information content (AvgIpc) is 3.00. The van der Waals surface area contributed by atoms with E-state index in [9.17, 15) is 5.11 Å². The molecule has 0 amide bonds. The van der Waals surface area contributed by atoms with E-state index < -0.39 is 6.10 Å². The van der Waals surface area contributed by atoms with Gasteiger partial charge in [0.2, 0.25) is 0 Å². The molecule has 0 radical (unpaired) electrons. The van der Waals surface area contributed by atoms with Crippen molar-refractivity contribution < 1.29 is 14.3 Å². The van der Waals surface area contributed by atoms with Gasteiger partial charge in [-0.1, -0.05) is 6.07 Å². The van der Waals surface area contributed by atoms with Gasteiger partial charge in [-0.3, -0.25) is 9.88 Å². The van der Waals surface area contributed by atoms with E-state index >= 15 is 0 Å². The molecular formula is C16H22N2O3. The number of ether oxygens (including phenoxy) is 1. The number of aromatic nitrogens is 1. The van der Waals surface area contributed by atoms with Crippen LogP contribution in [0.4, 0.5) is 0 Å². The number of nitrogens with zero attached hydrogens (tertiary/aromatic N) is 2. The summed E-state index contributed by atoms with van der Waals surface area (Å²) in [7, 11) is 1.97. The second kappa shape index (κ2) is 7.93. The predicted molar refractivity (Wildman–Crippen MR) is 79.7 cm³/mol. The Morgan fingerprint density at radius 1 is 1.33 bits per heavy atom. The fourth-order valence-electron chi connectivity index (χ4n) is 2.08. The third kappa shape index (κ3) is 4.97. The van der Waals surface area contributed by atoms with Crippen molar-refractivity contribution in [2.75, 3.05) is 20.2 Å². The van der Waals surface area contributed by atoms with Crippen LogP contribution in [0.15, 0.2) is 47.2 Å². The van der Waals surface area contributed by atoms with Crippen LogP contribution in [0.1, 0.15) is 24.4 Å². The quantitative estimate of drug-likeness (QED) is 0.808. The summed E-state index contributed by atoms with van der Waals surface area (Å²) in [5.74, 6) is 0.761. The first-order chi connectivity index (χ1) is 10.2. The molecule has 21 heavy (non-hydrogen) atoms. The smallest absolute Gasteiger partial charge is 0.129 e. The normalized spacial score (nSPS) is 14.3. The Balaban J connectivity index is 1.72. The van der Waals surface area contributed by atoms with Gasteiger partial charge < -0.3 is 14.3 Å². The third-order valence-electron chi connectivity index (χ3n) is 3.41. The SMILES string of the molecule is CC(c1ccccn1)N(C)CC(O)COCc1ccco1. The van der Waals surface area contributed by atoms with Crippen molar-refractivity contribution in [3.8, 4) is 0 Å². The lowest BCUT2D eigenvalue weighted by atomic mass is 10.2. The molecule has 2 rings (SSSR count). The summed E-state index contributed by atoms with van der Waals surface area (Å²) in [4.78, 5) is 6.39. The number of likely N-dealkylation sites (N-methyl/N-ethyl adjacent to an activating group) is 1. The molecule has 0 aliphatic rings. The van der Waals surface area contributed by atoms with Gasteiger partial charge >= 0.3 is 0 Å². The number of aliphatic hydroxyl groups excluding tert-OH is 1. The van der Waals surface area contributed by atoms with Gasteiger partial charge in [0.25, 0.3) is 0 Å². The van der Waals surface area contributed by atoms with Gasteiger partial charge in [0, 0.05) is 18.8 Å². The summed E-state index contributed by atoms with van der Waals surface area (Å²) in [6.07, 6.45) is 2.84. The monoisotopic (exact) mass is 290 g/mol. The zero-order valence-electron chi connectivity index (χ0n) is 12.5. The van der Waals surface area contributed by atoms with Crippen LogP contribution in [0.25, 0.3) is 0 Å². The van der Waals surface area contributed by atoms with E-state index in [-0.39, 0.29) is 12.6 Å². The molecule has 5 heteroatoms. The van der Waals surface area contributed by atoms with Crippen molar-refractivity contribution in [2.24, 2.45) is 0 Å². The van der Waals surface area contributed by atoms with Crippen LogP contribution in [0, 0.1) is 0 Å². The van der Waals surface area contributed by atoms with Crippen LogP contribution in [0.2, 0.25) is 0 Å². The van der Waals surface area contributed by atoms with Crippen molar-refractivity contribution >= 4 is 0 Å². The lowest BCUT2D eigenvalue weighted by molar-refractivity contribution is 0.00362. The number of aliphatic hydroxyl groups is 1. The highest BCUT2D eigenvalue weighted by molar-refractivity contribution is 5.07. The second-order valence-corrected chi connectivity index (χ2v) is 5.12. The molecule has 1 N–H and O–H groups in total. The Hall–Kier alpha value is -1.69. The lowest BCUT2D eigenvalue weighted by Gasteiger charge is -2.26. The van der Waals surface area contributed by atoms with Gasteiger partial charge in [-0.15, -0.1) is 0 Å². The molecule has 0 saturated carbocycles. The maximum atomic E-state index is 10.0. The highest BCUT2D eigenvalue weighted by atomic mass is 16.5. The Kier molecular flexibility index (Phi) is 5.92. The first-order valence-electron chi connectivity index (χ1n) is 7.06. The molecule has 0 saturated heterocycles. The molecule has 0 bridgehead atoms. The van der Waals surface area contributed by atoms with Crippen molar-refractivity contribution in [1.82, 2.24) is 9.88 Å². The highest BCUT2D eigenvalue weighted by Gasteiger charge is 2.16. The molecule has 5 nitrogen and oxygen atoms in total. The van der Waals surface area contributed by atoms with E-state index in [1.54, 1.807) is 12.5 Å². The molecule has 2 atom stereocenters. The third-order valence-corrected chi connectivity index (χ3v) is 3.41. The molecule has 2 aromatic heterocycles. The van der Waals surface area contributed by atoms with Crippen molar-refractivity contribution in [3.63, 3.8) is 0 Å². The molecule has 2 aromatic rings. The van der Waals surface area contributed by atoms with E-state index in [1.807, 2.05) is 37.4 Å². The number of pyridine rings is 1. The number of rotatable bonds is 8. The van der Waals surface area contributed by atoms with Crippen LogP contribution in [-0.2, 0) is 11.3 Å². The highest BCUT2D eigenvalue weighted by Crippen LogP contribution is 2.16. The van der Waals surface area contributed by atoms with E-state index in [2.05, 4.69) is 16.8 Å². The first-order valence-corrected chi connectivity index (χ1v) is 7.06. The van der Waals surface area contributed by atoms with Gasteiger partial charge in [0.1, 0.15) is 12.4 Å². The first kappa shape index (κ1) is 15.7. The van der Waals surface area contributed by atoms with E-state index in [0.29, 0.717) is 13.2 Å². The topological polar surface area (TPSA) is 58.7 Å². The van der Waals surface area contributed by atoms with Gasteiger partial charge in [-0.25, -0.2) is 0 Å². The lowest BCUT2D eigenvalue weighted by Crippen LogP contribution is -2.34. The minimum Gasteiger partial charge on any atom is -0.467 e. The van der Waals surface area contributed by atoms with Crippen LogP contribution in [0.3, 0.4) is 0 Å². The Labute approximate surface area is 125 Å². The predicted octanol–water partition coefficient (Wildman–Crippen LogP) is 2.25. The van der Waals surface area contributed by atoms with Crippen LogP contribution < -0.4 is 0 Å². The van der Waals surface area contributed by atoms with Gasteiger partial charge in [0.15, 0.2) is 0 Å². The number of hydrogen-bond acceptors (Lipinski definition) is 5. The van der Waals surface area contributed by atoms with Crippen LogP contribution in [0.5, 0.6) is 0 Å². The maximum absolute atomic E-state index is 10.0. The van der Waals surface area contributed by atoms with E-state index in [0.717, 1.165) is 11.5 Å². The van der Waals surface area contributed by atoms with Gasteiger partial charge in [-0.05, 0) is 38.2 Å².